The Morgan fingerprint density at radius 3 is 2.32 bits per heavy atom. The minimum absolute atomic E-state index is 0.197. The Labute approximate surface area is 177 Å². The predicted molar refractivity (Wildman–Crippen MR) is 113 cm³/mol. The topological polar surface area (TPSA) is 167 Å². The molecule has 2 aromatic carbocycles. The zero-order valence-corrected chi connectivity index (χ0v) is 17.0. The Hall–Kier alpha value is -4.40. The van der Waals surface area contributed by atoms with Crippen LogP contribution < -0.4 is 10.2 Å². The Morgan fingerprint density at radius 2 is 1.81 bits per heavy atom. The van der Waals surface area contributed by atoms with Crippen LogP contribution in [0.5, 0.6) is 0 Å². The van der Waals surface area contributed by atoms with Crippen LogP contribution in [0.25, 0.3) is 0 Å². The number of anilines is 2. The molecule has 0 heterocycles. The van der Waals surface area contributed by atoms with Crippen molar-refractivity contribution in [2.75, 3.05) is 23.3 Å². The summed E-state index contributed by atoms with van der Waals surface area (Å²) in [7, 11) is 0. The third kappa shape index (κ3) is 5.36. The van der Waals surface area contributed by atoms with Crippen LogP contribution in [-0.4, -0.2) is 28.8 Å². The van der Waals surface area contributed by atoms with Crippen LogP contribution in [0.3, 0.4) is 0 Å². The van der Waals surface area contributed by atoms with Gasteiger partial charge in [0.1, 0.15) is 11.8 Å². The second-order valence-electron chi connectivity index (χ2n) is 6.24. The Kier molecular flexibility index (Phi) is 7.29. The minimum atomic E-state index is -0.875. The summed E-state index contributed by atoms with van der Waals surface area (Å²) in [6.45, 7) is 6.74. The van der Waals surface area contributed by atoms with E-state index in [1.807, 2.05) is 18.7 Å². The van der Waals surface area contributed by atoms with E-state index < -0.39 is 26.9 Å². The van der Waals surface area contributed by atoms with Crippen molar-refractivity contribution in [3.8, 4) is 6.07 Å². The van der Waals surface area contributed by atoms with Gasteiger partial charge in [0.2, 0.25) is 5.91 Å². The van der Waals surface area contributed by atoms with Gasteiger partial charge in [-0.05, 0) is 32.0 Å². The van der Waals surface area contributed by atoms with Gasteiger partial charge in [-0.15, -0.1) is 10.2 Å². The van der Waals surface area contributed by atoms with Crippen LogP contribution >= 0.6 is 0 Å². The van der Waals surface area contributed by atoms with E-state index in [1.54, 1.807) is 24.3 Å². The highest BCUT2D eigenvalue weighted by molar-refractivity contribution is 5.93. The van der Waals surface area contributed by atoms with Crippen molar-refractivity contribution in [3.63, 3.8) is 0 Å². The zero-order chi connectivity index (χ0) is 23.1. The molecule has 0 aliphatic heterocycles. The molecule has 2 rings (SSSR count). The third-order valence-corrected chi connectivity index (χ3v) is 4.28. The van der Waals surface area contributed by atoms with Crippen molar-refractivity contribution < 1.29 is 14.6 Å². The van der Waals surface area contributed by atoms with E-state index in [-0.39, 0.29) is 17.2 Å². The molecule has 0 aromatic heterocycles. The molecule has 1 N–H and O–H groups in total. The van der Waals surface area contributed by atoms with Crippen LogP contribution in [0.2, 0.25) is 0 Å². The monoisotopic (exact) mass is 425 g/mol. The third-order valence-electron chi connectivity index (χ3n) is 4.28. The molecule has 12 nitrogen and oxygen atoms in total. The molecule has 0 aliphatic rings. The number of hydrogen-bond donors (Lipinski definition) is 1. The second kappa shape index (κ2) is 9.88. The van der Waals surface area contributed by atoms with E-state index in [0.717, 1.165) is 24.8 Å². The molecule has 0 saturated heterocycles. The summed E-state index contributed by atoms with van der Waals surface area (Å²) in [5.41, 5.74) is -0.775. The number of azo groups is 1. The van der Waals surface area contributed by atoms with Crippen LogP contribution in [0.4, 0.5) is 34.1 Å². The van der Waals surface area contributed by atoms with Crippen molar-refractivity contribution in [2.45, 2.75) is 20.8 Å². The normalized spacial score (nSPS) is 10.5. The highest BCUT2D eigenvalue weighted by Crippen LogP contribution is 2.38. The summed E-state index contributed by atoms with van der Waals surface area (Å²) in [5, 5.41) is 42.1. The van der Waals surface area contributed by atoms with E-state index in [9.17, 15) is 30.3 Å². The van der Waals surface area contributed by atoms with E-state index >= 15 is 0 Å². The molecule has 0 saturated carbocycles. The van der Waals surface area contributed by atoms with Gasteiger partial charge in [-0.2, -0.15) is 5.26 Å². The summed E-state index contributed by atoms with van der Waals surface area (Å²) in [4.78, 5) is 34.3. The number of carbonyl (C=O) groups excluding carboxylic acids is 1. The summed E-state index contributed by atoms with van der Waals surface area (Å²) < 4.78 is 0. The maximum absolute atomic E-state index is 11.6. The fourth-order valence-electron chi connectivity index (χ4n) is 2.83. The quantitative estimate of drug-likeness (QED) is 0.366. The van der Waals surface area contributed by atoms with Gasteiger partial charge < -0.3 is 10.2 Å². The van der Waals surface area contributed by atoms with Crippen LogP contribution in [-0.2, 0) is 4.79 Å². The molecule has 1 amide bonds. The van der Waals surface area contributed by atoms with Gasteiger partial charge in [-0.25, -0.2) is 0 Å². The predicted octanol–water partition coefficient (Wildman–Crippen LogP) is 4.59. The Balaban J connectivity index is 2.61. The summed E-state index contributed by atoms with van der Waals surface area (Å²) in [5.74, 6) is -0.354. The van der Waals surface area contributed by atoms with Gasteiger partial charge in [-0.3, -0.25) is 25.0 Å². The van der Waals surface area contributed by atoms with Gasteiger partial charge in [0.25, 0.3) is 5.69 Å². The van der Waals surface area contributed by atoms with Crippen LogP contribution in [0, 0.1) is 31.6 Å². The van der Waals surface area contributed by atoms with Crippen molar-refractivity contribution in [2.24, 2.45) is 10.2 Å². The van der Waals surface area contributed by atoms with E-state index in [1.165, 1.54) is 6.92 Å². The van der Waals surface area contributed by atoms with Crippen molar-refractivity contribution in [1.82, 2.24) is 0 Å². The van der Waals surface area contributed by atoms with Crippen LogP contribution in [0.15, 0.2) is 40.6 Å². The number of carbonyl (C=O) groups is 1. The standard InChI is InChI=1S/C19H19N7O5/c1-4-24(5-2)14-6-7-16(17(9-14)21-12(3)27)22-23-19-13(11-20)8-15(25(28)29)10-18(19)26(30)31/h6-10H,4-5H2,1-3H3,(H,21,27)/b23-22+. The van der Waals surface area contributed by atoms with Gasteiger partial charge in [0, 0.05) is 31.8 Å². The fourth-order valence-corrected chi connectivity index (χ4v) is 2.83. The number of nitriles is 1. The van der Waals surface area contributed by atoms with Crippen molar-refractivity contribution >= 4 is 40.0 Å². The zero-order valence-electron chi connectivity index (χ0n) is 17.0. The number of non-ortho nitro benzene ring substituents is 1. The van der Waals surface area contributed by atoms with Gasteiger partial charge in [-0.1, -0.05) is 0 Å². The molecule has 0 spiro atoms. The number of nitro groups is 2. The number of hydrogen-bond acceptors (Lipinski definition) is 9. The number of amides is 1. The maximum Gasteiger partial charge on any atom is 0.304 e. The van der Waals surface area contributed by atoms with Crippen LogP contribution in [0.1, 0.15) is 26.3 Å². The molecule has 0 bridgehead atoms. The summed E-state index contributed by atoms with van der Waals surface area (Å²) in [6.07, 6.45) is 0. The highest BCUT2D eigenvalue weighted by atomic mass is 16.6. The number of benzene rings is 2. The average Bonchev–Trinajstić information content (AvgIpc) is 2.72. The molecule has 0 atom stereocenters. The van der Waals surface area contributed by atoms with Crippen molar-refractivity contribution in [1.29, 1.82) is 5.26 Å². The Morgan fingerprint density at radius 1 is 1.13 bits per heavy atom. The number of nitrogens with zero attached hydrogens (tertiary/aromatic N) is 6. The number of nitrogens with one attached hydrogen (secondary N) is 1. The minimum Gasteiger partial charge on any atom is -0.372 e. The first kappa shape index (κ1) is 22.9. The number of rotatable bonds is 8. The van der Waals surface area contributed by atoms with E-state index in [2.05, 4.69) is 15.5 Å². The SMILES string of the molecule is CCN(CC)c1ccc(/N=N/c2c(C#N)cc([N+](=O)[O-])cc2[N+](=O)[O-])c(NC(C)=O)c1. The lowest BCUT2D eigenvalue weighted by Gasteiger charge is -2.22. The lowest BCUT2D eigenvalue weighted by atomic mass is 10.1. The molecule has 12 heteroatoms. The molecule has 31 heavy (non-hydrogen) atoms. The molecule has 160 valence electrons. The lowest BCUT2D eigenvalue weighted by Crippen LogP contribution is -2.21. The Bertz CT molecular complexity index is 1100. The van der Waals surface area contributed by atoms with Gasteiger partial charge >= 0.3 is 5.69 Å². The summed E-state index contributed by atoms with van der Waals surface area (Å²) >= 11 is 0. The molecule has 0 fully saturated rings. The maximum atomic E-state index is 11.6. The van der Waals surface area contributed by atoms with Gasteiger partial charge in [0.05, 0.1) is 27.2 Å². The molecule has 0 aliphatic carbocycles. The molecular weight excluding hydrogens is 406 g/mol. The molecular formula is C19H19N7O5. The molecule has 0 unspecified atom stereocenters. The van der Waals surface area contributed by atoms with E-state index in [4.69, 9.17) is 0 Å². The summed E-state index contributed by atoms with van der Waals surface area (Å²) in [6, 6.07) is 8.29. The first-order valence-electron chi connectivity index (χ1n) is 9.17. The first-order chi connectivity index (χ1) is 14.7. The molecule has 2 aromatic rings. The first-order valence-corrected chi connectivity index (χ1v) is 9.17. The van der Waals surface area contributed by atoms with Crippen molar-refractivity contribution in [3.05, 3.63) is 56.1 Å². The smallest absolute Gasteiger partial charge is 0.304 e. The largest absolute Gasteiger partial charge is 0.372 e. The molecule has 0 radical (unpaired) electrons. The van der Waals surface area contributed by atoms with E-state index in [0.29, 0.717) is 11.8 Å². The second-order valence-corrected chi connectivity index (χ2v) is 6.24. The fraction of sp³-hybridized carbons (Fsp3) is 0.263. The van der Waals surface area contributed by atoms with Gasteiger partial charge in [0.15, 0.2) is 5.69 Å². The average molecular weight is 425 g/mol. The number of nitro benzene ring substituents is 2. The lowest BCUT2D eigenvalue weighted by molar-refractivity contribution is -0.393. The highest BCUT2D eigenvalue weighted by Gasteiger charge is 2.24.